The molecule has 0 radical (unpaired) electrons. The molecule has 5 nitrogen and oxygen atoms in total. The number of hydrogen-bond acceptors (Lipinski definition) is 3. The molecule has 2 N–H and O–H groups in total. The van der Waals surface area contributed by atoms with Crippen LogP contribution < -0.4 is 20.1 Å². The molecule has 0 bridgehead atoms. The van der Waals surface area contributed by atoms with Gasteiger partial charge >= 0.3 is 0 Å². The average molecular weight is 319 g/mol. The van der Waals surface area contributed by atoms with Crippen LogP contribution in [-0.4, -0.2) is 38.8 Å². The maximum absolute atomic E-state index is 5.72. The zero-order valence-corrected chi connectivity index (χ0v) is 14.3. The van der Waals surface area contributed by atoms with Gasteiger partial charge in [0, 0.05) is 25.6 Å². The van der Waals surface area contributed by atoms with E-state index in [1.54, 1.807) is 7.11 Å². The highest BCUT2D eigenvalue weighted by molar-refractivity contribution is 5.80. The highest BCUT2D eigenvalue weighted by Crippen LogP contribution is 2.18. The van der Waals surface area contributed by atoms with Gasteiger partial charge in [-0.25, -0.2) is 0 Å². The van der Waals surface area contributed by atoms with Crippen LogP contribution in [0.25, 0.3) is 0 Å². The minimum absolute atomic E-state index is 0.586. The second-order valence-corrected chi connectivity index (χ2v) is 5.76. The van der Waals surface area contributed by atoms with Crippen LogP contribution in [0.1, 0.15) is 39.0 Å². The number of hydrogen-bond donors (Lipinski definition) is 2. The fourth-order valence-corrected chi connectivity index (χ4v) is 2.70. The van der Waals surface area contributed by atoms with Crippen molar-refractivity contribution >= 4 is 5.96 Å². The standard InChI is InChI=1S/C18H29N3O2/c1-3-19-18(21-15-7-4-5-8-15)20-13-6-14-23-17-11-9-16(22-2)10-12-17/h9-12,15H,3-8,13-14H2,1-2H3,(H2,19,20,21). The molecule has 0 aromatic heterocycles. The Bertz CT molecular complexity index is 468. The lowest BCUT2D eigenvalue weighted by Gasteiger charge is -2.16. The molecule has 0 saturated heterocycles. The summed E-state index contributed by atoms with van der Waals surface area (Å²) in [7, 11) is 1.66. The van der Waals surface area contributed by atoms with Crippen LogP contribution in [-0.2, 0) is 0 Å². The van der Waals surface area contributed by atoms with Gasteiger partial charge in [0.1, 0.15) is 11.5 Å². The minimum Gasteiger partial charge on any atom is -0.497 e. The van der Waals surface area contributed by atoms with Crippen LogP contribution in [0.5, 0.6) is 11.5 Å². The van der Waals surface area contributed by atoms with Gasteiger partial charge in [-0.1, -0.05) is 12.8 Å². The number of nitrogens with zero attached hydrogens (tertiary/aromatic N) is 1. The lowest BCUT2D eigenvalue weighted by Crippen LogP contribution is -2.42. The number of aliphatic imine (C=N–C) groups is 1. The number of nitrogens with one attached hydrogen (secondary N) is 2. The van der Waals surface area contributed by atoms with Gasteiger partial charge < -0.3 is 20.1 Å². The first-order valence-corrected chi connectivity index (χ1v) is 8.63. The molecule has 0 spiro atoms. The van der Waals surface area contributed by atoms with Crippen LogP contribution >= 0.6 is 0 Å². The summed E-state index contributed by atoms with van der Waals surface area (Å²) in [4.78, 5) is 4.63. The fourth-order valence-electron chi connectivity index (χ4n) is 2.70. The van der Waals surface area contributed by atoms with E-state index in [1.807, 2.05) is 24.3 Å². The maximum Gasteiger partial charge on any atom is 0.191 e. The maximum atomic E-state index is 5.72. The number of methoxy groups -OCH3 is 1. The Morgan fingerprint density at radius 3 is 2.52 bits per heavy atom. The van der Waals surface area contributed by atoms with E-state index in [2.05, 4.69) is 22.5 Å². The third-order valence-electron chi connectivity index (χ3n) is 3.94. The number of rotatable bonds is 8. The van der Waals surface area contributed by atoms with Crippen LogP contribution in [0.15, 0.2) is 29.3 Å². The Hall–Kier alpha value is -1.91. The molecule has 128 valence electrons. The summed E-state index contributed by atoms with van der Waals surface area (Å²) in [5, 5.41) is 6.84. The highest BCUT2D eigenvalue weighted by atomic mass is 16.5. The Morgan fingerprint density at radius 1 is 1.17 bits per heavy atom. The van der Waals surface area contributed by atoms with Gasteiger partial charge in [-0.3, -0.25) is 4.99 Å². The molecule has 5 heteroatoms. The molecular formula is C18H29N3O2. The van der Waals surface area contributed by atoms with E-state index >= 15 is 0 Å². The van der Waals surface area contributed by atoms with E-state index in [4.69, 9.17) is 9.47 Å². The van der Waals surface area contributed by atoms with Crippen molar-refractivity contribution in [3.05, 3.63) is 24.3 Å². The van der Waals surface area contributed by atoms with Crippen molar-refractivity contribution in [1.29, 1.82) is 0 Å². The largest absolute Gasteiger partial charge is 0.497 e. The van der Waals surface area contributed by atoms with Gasteiger partial charge in [0.2, 0.25) is 0 Å². The molecule has 0 unspecified atom stereocenters. The van der Waals surface area contributed by atoms with Gasteiger partial charge in [-0.2, -0.15) is 0 Å². The summed E-state index contributed by atoms with van der Waals surface area (Å²) < 4.78 is 10.8. The van der Waals surface area contributed by atoms with E-state index in [0.29, 0.717) is 12.6 Å². The van der Waals surface area contributed by atoms with Crippen molar-refractivity contribution in [3.8, 4) is 11.5 Å². The van der Waals surface area contributed by atoms with Crippen LogP contribution in [0.2, 0.25) is 0 Å². The zero-order valence-electron chi connectivity index (χ0n) is 14.3. The van der Waals surface area contributed by atoms with Crippen molar-refractivity contribution in [2.45, 2.75) is 45.1 Å². The molecular weight excluding hydrogens is 290 g/mol. The molecule has 0 heterocycles. The van der Waals surface area contributed by atoms with Crippen molar-refractivity contribution in [2.75, 3.05) is 26.8 Å². The molecule has 2 rings (SSSR count). The van der Waals surface area contributed by atoms with Crippen molar-refractivity contribution in [3.63, 3.8) is 0 Å². The van der Waals surface area contributed by atoms with E-state index < -0.39 is 0 Å². The summed E-state index contributed by atoms with van der Waals surface area (Å²) >= 11 is 0. The molecule has 0 aliphatic heterocycles. The Kier molecular flexibility index (Phi) is 7.57. The summed E-state index contributed by atoms with van der Waals surface area (Å²) in [6, 6.07) is 8.25. The second-order valence-electron chi connectivity index (χ2n) is 5.76. The Morgan fingerprint density at radius 2 is 1.87 bits per heavy atom. The first kappa shape index (κ1) is 17.4. The lowest BCUT2D eigenvalue weighted by molar-refractivity contribution is 0.312. The molecule has 1 aromatic carbocycles. The average Bonchev–Trinajstić information content (AvgIpc) is 3.08. The molecule has 1 fully saturated rings. The molecule has 1 saturated carbocycles. The van der Waals surface area contributed by atoms with E-state index in [9.17, 15) is 0 Å². The van der Waals surface area contributed by atoms with Gasteiger partial charge in [0.05, 0.1) is 13.7 Å². The van der Waals surface area contributed by atoms with Crippen LogP contribution in [0.4, 0.5) is 0 Å². The number of ether oxygens (including phenoxy) is 2. The van der Waals surface area contributed by atoms with Gasteiger partial charge in [-0.05, 0) is 44.0 Å². The van der Waals surface area contributed by atoms with Gasteiger partial charge in [-0.15, -0.1) is 0 Å². The van der Waals surface area contributed by atoms with E-state index in [0.717, 1.165) is 37.0 Å². The van der Waals surface area contributed by atoms with Crippen molar-refractivity contribution < 1.29 is 9.47 Å². The third-order valence-corrected chi connectivity index (χ3v) is 3.94. The molecule has 1 aromatic rings. The zero-order chi connectivity index (χ0) is 16.3. The molecule has 0 atom stereocenters. The molecule has 1 aliphatic rings. The minimum atomic E-state index is 0.586. The normalized spacial score (nSPS) is 15.5. The Labute approximate surface area is 139 Å². The molecule has 1 aliphatic carbocycles. The van der Waals surface area contributed by atoms with Gasteiger partial charge in [0.25, 0.3) is 0 Å². The summed E-state index contributed by atoms with van der Waals surface area (Å²) in [5.74, 6) is 2.64. The number of guanidine groups is 1. The smallest absolute Gasteiger partial charge is 0.191 e. The third kappa shape index (κ3) is 6.38. The molecule has 23 heavy (non-hydrogen) atoms. The summed E-state index contributed by atoms with van der Waals surface area (Å²) in [5.41, 5.74) is 0. The fraction of sp³-hybridized carbons (Fsp3) is 0.611. The van der Waals surface area contributed by atoms with Crippen molar-refractivity contribution in [1.82, 2.24) is 10.6 Å². The van der Waals surface area contributed by atoms with Gasteiger partial charge in [0.15, 0.2) is 5.96 Å². The Balaban J connectivity index is 1.67. The first-order valence-electron chi connectivity index (χ1n) is 8.63. The highest BCUT2D eigenvalue weighted by Gasteiger charge is 2.15. The van der Waals surface area contributed by atoms with E-state index in [-0.39, 0.29) is 0 Å². The predicted molar refractivity (Wildman–Crippen MR) is 94.5 cm³/mol. The second kappa shape index (κ2) is 9.98. The number of benzene rings is 1. The van der Waals surface area contributed by atoms with Crippen molar-refractivity contribution in [2.24, 2.45) is 4.99 Å². The summed E-state index contributed by atoms with van der Waals surface area (Å²) in [6.45, 7) is 4.41. The van der Waals surface area contributed by atoms with E-state index in [1.165, 1.54) is 25.7 Å². The quantitative estimate of drug-likeness (QED) is 0.439. The lowest BCUT2D eigenvalue weighted by atomic mass is 10.2. The monoisotopic (exact) mass is 319 g/mol. The van der Waals surface area contributed by atoms with Crippen LogP contribution in [0, 0.1) is 0 Å². The first-order chi connectivity index (χ1) is 11.3. The SMILES string of the molecule is CCNC(=NCCCOc1ccc(OC)cc1)NC1CCCC1. The van der Waals surface area contributed by atoms with Crippen LogP contribution in [0.3, 0.4) is 0 Å². The predicted octanol–water partition coefficient (Wildman–Crippen LogP) is 2.96. The summed E-state index contributed by atoms with van der Waals surface area (Å²) in [6.07, 6.45) is 6.06. The topological polar surface area (TPSA) is 54.9 Å². The molecule has 0 amide bonds.